The number of nitrogens with zero attached hydrogens (tertiary/aromatic N) is 1. The second kappa shape index (κ2) is 2.23. The van der Waals surface area contributed by atoms with Crippen LogP contribution in [0.25, 0.3) is 0 Å². The summed E-state index contributed by atoms with van der Waals surface area (Å²) >= 11 is 1.52. The van der Waals surface area contributed by atoms with Gasteiger partial charge in [0, 0.05) is 6.20 Å². The zero-order valence-electron chi connectivity index (χ0n) is 4.00. The summed E-state index contributed by atoms with van der Waals surface area (Å²) < 4.78 is 1.67. The number of hydrogen-bond acceptors (Lipinski definition) is 3. The van der Waals surface area contributed by atoms with Crippen LogP contribution in [0.4, 0.5) is 0 Å². The maximum absolute atomic E-state index is 4.79. The Labute approximate surface area is 47.2 Å². The molecule has 0 aromatic carbocycles. The van der Waals surface area contributed by atoms with Crippen LogP contribution in [-0.4, -0.2) is 11.6 Å². The van der Waals surface area contributed by atoms with E-state index in [1.165, 1.54) is 11.9 Å². The molecular weight excluding hydrogens is 110 g/mol. The van der Waals surface area contributed by atoms with E-state index in [1.807, 2.05) is 18.0 Å². The smallest absolute Gasteiger partial charge is 0.0650 e. The van der Waals surface area contributed by atoms with Crippen molar-refractivity contribution in [3.05, 3.63) is 18.0 Å². The van der Waals surface area contributed by atoms with E-state index in [9.17, 15) is 0 Å². The molecular formula is C4H6NOS. The number of rotatable bonds is 1. The summed E-state index contributed by atoms with van der Waals surface area (Å²) in [5, 5.41) is 0. The van der Waals surface area contributed by atoms with Gasteiger partial charge in [0.2, 0.25) is 0 Å². The topological polar surface area (TPSA) is 12.5 Å². The molecule has 0 N–H and O–H groups in total. The molecule has 39 valence electrons. The van der Waals surface area contributed by atoms with Gasteiger partial charge in [-0.05, 0) is 18.0 Å². The molecule has 0 bridgehead atoms. The second-order valence-corrected chi connectivity index (χ2v) is 1.89. The summed E-state index contributed by atoms with van der Waals surface area (Å²) in [6.07, 6.45) is 3.78. The molecule has 7 heavy (non-hydrogen) atoms. The molecule has 1 heterocycles. The van der Waals surface area contributed by atoms with Gasteiger partial charge in [0.25, 0.3) is 0 Å². The molecule has 0 saturated carbocycles. The third-order valence-corrected chi connectivity index (χ3v) is 1.39. The molecule has 0 aromatic heterocycles. The molecule has 1 aliphatic rings. The minimum atomic E-state index is 1.52. The summed E-state index contributed by atoms with van der Waals surface area (Å²) in [5.41, 5.74) is 0. The van der Waals surface area contributed by atoms with Crippen LogP contribution in [-0.2, 0) is 4.84 Å². The van der Waals surface area contributed by atoms with Gasteiger partial charge in [-0.2, -0.15) is 0 Å². The SMILES string of the molecule is CON1C=C[CH]S1. The van der Waals surface area contributed by atoms with Gasteiger partial charge in [0.05, 0.1) is 12.9 Å². The minimum absolute atomic E-state index is 1.52. The summed E-state index contributed by atoms with van der Waals surface area (Å²) in [7, 11) is 1.64. The Hall–Kier alpha value is -0.150. The van der Waals surface area contributed by atoms with Crippen LogP contribution >= 0.6 is 11.9 Å². The summed E-state index contributed by atoms with van der Waals surface area (Å²) in [5.74, 6) is 1.95. The normalized spacial score (nSPS) is 18.7. The largest absolute Gasteiger partial charge is 0.267 e. The summed E-state index contributed by atoms with van der Waals surface area (Å²) in [6.45, 7) is 0. The summed E-state index contributed by atoms with van der Waals surface area (Å²) in [4.78, 5) is 4.79. The molecule has 1 aliphatic heterocycles. The fraction of sp³-hybridized carbons (Fsp3) is 0.250. The van der Waals surface area contributed by atoms with Gasteiger partial charge < -0.3 is 0 Å². The molecule has 1 radical (unpaired) electrons. The molecule has 0 atom stereocenters. The van der Waals surface area contributed by atoms with E-state index in [1.54, 1.807) is 11.6 Å². The van der Waals surface area contributed by atoms with Crippen molar-refractivity contribution in [1.82, 2.24) is 4.47 Å². The van der Waals surface area contributed by atoms with Crippen molar-refractivity contribution in [3.63, 3.8) is 0 Å². The van der Waals surface area contributed by atoms with E-state index < -0.39 is 0 Å². The Morgan fingerprint density at radius 3 is 2.86 bits per heavy atom. The highest BCUT2D eigenvalue weighted by atomic mass is 32.2. The lowest BCUT2D eigenvalue weighted by atomic mass is 10.7. The van der Waals surface area contributed by atoms with Crippen LogP contribution in [0.15, 0.2) is 12.3 Å². The van der Waals surface area contributed by atoms with Gasteiger partial charge in [-0.25, -0.2) is 4.47 Å². The highest BCUT2D eigenvalue weighted by molar-refractivity contribution is 7.99. The van der Waals surface area contributed by atoms with E-state index in [4.69, 9.17) is 4.84 Å². The van der Waals surface area contributed by atoms with E-state index in [2.05, 4.69) is 0 Å². The molecule has 0 saturated heterocycles. The zero-order valence-corrected chi connectivity index (χ0v) is 4.81. The Balaban J connectivity index is 2.28. The zero-order chi connectivity index (χ0) is 5.11. The maximum atomic E-state index is 4.79. The van der Waals surface area contributed by atoms with Gasteiger partial charge in [0.15, 0.2) is 0 Å². The molecule has 0 aliphatic carbocycles. The maximum Gasteiger partial charge on any atom is 0.0650 e. The van der Waals surface area contributed by atoms with E-state index in [0.717, 1.165) is 0 Å². The van der Waals surface area contributed by atoms with Crippen molar-refractivity contribution in [2.24, 2.45) is 0 Å². The molecule has 0 aromatic rings. The van der Waals surface area contributed by atoms with Gasteiger partial charge in [-0.1, -0.05) is 0 Å². The average molecular weight is 116 g/mol. The van der Waals surface area contributed by atoms with E-state index in [0.29, 0.717) is 0 Å². The molecule has 0 fully saturated rings. The van der Waals surface area contributed by atoms with Crippen molar-refractivity contribution >= 4 is 11.9 Å². The molecule has 3 heteroatoms. The monoisotopic (exact) mass is 116 g/mol. The van der Waals surface area contributed by atoms with Crippen LogP contribution in [0.5, 0.6) is 0 Å². The molecule has 0 unspecified atom stereocenters. The second-order valence-electron chi connectivity index (χ2n) is 1.05. The fourth-order valence-electron chi connectivity index (χ4n) is 0.340. The highest BCUT2D eigenvalue weighted by Crippen LogP contribution is 2.20. The molecule has 0 spiro atoms. The highest BCUT2D eigenvalue weighted by Gasteiger charge is 2.00. The Morgan fingerprint density at radius 1 is 1.71 bits per heavy atom. The fourth-order valence-corrected chi connectivity index (χ4v) is 0.827. The van der Waals surface area contributed by atoms with Crippen molar-refractivity contribution in [3.8, 4) is 0 Å². The lowest BCUT2D eigenvalue weighted by molar-refractivity contribution is 0.00759. The average Bonchev–Trinajstić information content (AvgIpc) is 2.14. The van der Waals surface area contributed by atoms with E-state index >= 15 is 0 Å². The third-order valence-electron chi connectivity index (χ3n) is 0.631. The van der Waals surface area contributed by atoms with Gasteiger partial charge in [0.1, 0.15) is 0 Å². The van der Waals surface area contributed by atoms with Crippen molar-refractivity contribution in [2.45, 2.75) is 0 Å². The van der Waals surface area contributed by atoms with Gasteiger partial charge >= 0.3 is 0 Å². The van der Waals surface area contributed by atoms with Crippen molar-refractivity contribution in [1.29, 1.82) is 0 Å². The van der Waals surface area contributed by atoms with Gasteiger partial charge in [-0.15, -0.1) is 0 Å². The quantitative estimate of drug-likeness (QED) is 0.477. The third kappa shape index (κ3) is 1.11. The van der Waals surface area contributed by atoms with Crippen molar-refractivity contribution in [2.75, 3.05) is 7.11 Å². The van der Waals surface area contributed by atoms with Crippen LogP contribution in [0.3, 0.4) is 0 Å². The first-order chi connectivity index (χ1) is 3.43. The lowest BCUT2D eigenvalue weighted by Crippen LogP contribution is -1.99. The number of hydrogen-bond donors (Lipinski definition) is 0. The van der Waals surface area contributed by atoms with Crippen LogP contribution in [0.2, 0.25) is 0 Å². The lowest BCUT2D eigenvalue weighted by Gasteiger charge is -2.06. The first-order valence-corrected chi connectivity index (χ1v) is 2.77. The van der Waals surface area contributed by atoms with Gasteiger partial charge in [-0.3, -0.25) is 4.84 Å². The predicted octanol–water partition coefficient (Wildman–Crippen LogP) is 1.19. The van der Waals surface area contributed by atoms with Crippen molar-refractivity contribution < 1.29 is 4.84 Å². The predicted molar refractivity (Wildman–Crippen MR) is 29.9 cm³/mol. The Kier molecular flexibility index (Phi) is 1.59. The van der Waals surface area contributed by atoms with E-state index in [-0.39, 0.29) is 0 Å². The first-order valence-electron chi connectivity index (χ1n) is 1.93. The molecule has 2 nitrogen and oxygen atoms in total. The van der Waals surface area contributed by atoms with Crippen LogP contribution in [0, 0.1) is 5.75 Å². The van der Waals surface area contributed by atoms with Crippen LogP contribution < -0.4 is 0 Å². The molecule has 1 rings (SSSR count). The summed E-state index contributed by atoms with van der Waals surface area (Å²) in [6, 6.07) is 0. The molecule has 0 amide bonds. The first kappa shape index (κ1) is 5.00. The number of hydroxylamine groups is 1. The minimum Gasteiger partial charge on any atom is -0.267 e. The Bertz CT molecular complexity index is 83.8. The standard InChI is InChI=1S/C4H6NOS/c1-6-5-3-2-4-7-5/h2-4H,1H3. The Morgan fingerprint density at radius 2 is 2.57 bits per heavy atom. The van der Waals surface area contributed by atoms with Crippen LogP contribution in [0.1, 0.15) is 0 Å².